The lowest BCUT2D eigenvalue weighted by atomic mass is 9.99. The van der Waals surface area contributed by atoms with Gasteiger partial charge in [0.2, 0.25) is 0 Å². The van der Waals surface area contributed by atoms with E-state index in [-0.39, 0.29) is 0 Å². The fraction of sp³-hybridized carbons (Fsp3) is 0.368. The summed E-state index contributed by atoms with van der Waals surface area (Å²) in [6.45, 7) is 2.81. The molecule has 4 nitrogen and oxygen atoms in total. The van der Waals surface area contributed by atoms with Gasteiger partial charge in [0.1, 0.15) is 5.15 Å². The van der Waals surface area contributed by atoms with Crippen LogP contribution in [0.25, 0.3) is 0 Å². The molecule has 1 aliphatic rings. The Morgan fingerprint density at radius 1 is 1.25 bits per heavy atom. The third kappa shape index (κ3) is 4.48. The molecule has 24 heavy (non-hydrogen) atoms. The Bertz CT molecular complexity index is 670. The molecule has 0 saturated carbocycles. The highest BCUT2D eigenvalue weighted by Crippen LogP contribution is 2.21. The minimum Gasteiger partial charge on any atom is -0.352 e. The molecule has 1 aliphatic heterocycles. The van der Waals surface area contributed by atoms with Crippen molar-refractivity contribution in [1.29, 1.82) is 0 Å². The number of nitrogens with one attached hydrogen (secondary N) is 1. The van der Waals surface area contributed by atoms with Crippen LogP contribution in [-0.4, -0.2) is 36.0 Å². The zero-order valence-corrected chi connectivity index (χ0v) is 14.7. The number of nitrogens with zero attached hydrogens (tertiary/aromatic N) is 3. The molecule has 2 heterocycles. The van der Waals surface area contributed by atoms with Crippen molar-refractivity contribution in [3.63, 3.8) is 0 Å². The van der Waals surface area contributed by atoms with Gasteiger partial charge in [0, 0.05) is 32.9 Å². The zero-order chi connectivity index (χ0) is 16.8. The fourth-order valence-electron chi connectivity index (χ4n) is 3.16. The fourth-order valence-corrected chi connectivity index (χ4v) is 3.28. The number of benzene rings is 1. The van der Waals surface area contributed by atoms with E-state index in [1.54, 1.807) is 6.20 Å². The predicted octanol–water partition coefficient (Wildman–Crippen LogP) is 3.38. The Hall–Kier alpha value is -2.07. The van der Waals surface area contributed by atoms with Crippen molar-refractivity contribution in [3.05, 3.63) is 64.9 Å². The van der Waals surface area contributed by atoms with E-state index in [1.165, 1.54) is 12.0 Å². The summed E-state index contributed by atoms with van der Waals surface area (Å²) in [7, 11) is 1.84. The van der Waals surface area contributed by atoms with Crippen molar-refractivity contribution in [2.45, 2.75) is 19.4 Å². The lowest BCUT2D eigenvalue weighted by Gasteiger charge is -2.21. The largest absolute Gasteiger partial charge is 0.352 e. The number of likely N-dealkylation sites (tertiary alicyclic amines) is 1. The highest BCUT2D eigenvalue weighted by Gasteiger charge is 2.24. The van der Waals surface area contributed by atoms with Crippen molar-refractivity contribution >= 4 is 17.6 Å². The highest BCUT2D eigenvalue weighted by molar-refractivity contribution is 6.29. The molecular weight excluding hydrogens is 320 g/mol. The minimum atomic E-state index is 0.520. The van der Waals surface area contributed by atoms with Gasteiger partial charge in [-0.15, -0.1) is 0 Å². The molecule has 1 atom stereocenters. The second-order valence-electron chi connectivity index (χ2n) is 6.18. The first-order chi connectivity index (χ1) is 11.7. The Kier molecular flexibility index (Phi) is 5.70. The van der Waals surface area contributed by atoms with Gasteiger partial charge in [0.15, 0.2) is 5.96 Å². The average Bonchev–Trinajstić information content (AvgIpc) is 3.06. The molecule has 0 amide bonds. The monoisotopic (exact) mass is 342 g/mol. The van der Waals surface area contributed by atoms with Gasteiger partial charge in [-0.1, -0.05) is 48.0 Å². The van der Waals surface area contributed by atoms with Gasteiger partial charge < -0.3 is 10.2 Å². The highest BCUT2D eigenvalue weighted by atomic mass is 35.5. The third-order valence-electron chi connectivity index (χ3n) is 4.40. The van der Waals surface area contributed by atoms with Gasteiger partial charge in [-0.3, -0.25) is 4.99 Å². The summed E-state index contributed by atoms with van der Waals surface area (Å²) < 4.78 is 0. The number of hydrogen-bond donors (Lipinski definition) is 1. The van der Waals surface area contributed by atoms with Crippen molar-refractivity contribution in [2.75, 3.05) is 20.1 Å². The van der Waals surface area contributed by atoms with E-state index >= 15 is 0 Å². The number of pyridine rings is 1. The first-order valence-electron chi connectivity index (χ1n) is 8.34. The van der Waals surface area contributed by atoms with Crippen molar-refractivity contribution in [2.24, 2.45) is 10.9 Å². The van der Waals surface area contributed by atoms with Crippen LogP contribution in [0.4, 0.5) is 0 Å². The van der Waals surface area contributed by atoms with Crippen LogP contribution in [0.3, 0.4) is 0 Å². The zero-order valence-electron chi connectivity index (χ0n) is 14.0. The summed E-state index contributed by atoms with van der Waals surface area (Å²) >= 11 is 5.82. The van der Waals surface area contributed by atoms with Crippen LogP contribution in [-0.2, 0) is 13.0 Å². The Labute approximate surface area is 148 Å². The van der Waals surface area contributed by atoms with E-state index < -0.39 is 0 Å². The molecule has 126 valence electrons. The van der Waals surface area contributed by atoms with Gasteiger partial charge >= 0.3 is 0 Å². The molecule has 0 radical (unpaired) electrons. The summed E-state index contributed by atoms with van der Waals surface area (Å²) in [4.78, 5) is 10.9. The van der Waals surface area contributed by atoms with E-state index in [0.29, 0.717) is 17.6 Å². The number of guanidine groups is 1. The van der Waals surface area contributed by atoms with Gasteiger partial charge in [-0.25, -0.2) is 4.98 Å². The van der Waals surface area contributed by atoms with Crippen LogP contribution in [0, 0.1) is 5.92 Å². The molecule has 1 saturated heterocycles. The molecule has 2 aromatic rings. The molecule has 1 N–H and O–H groups in total. The van der Waals surface area contributed by atoms with Crippen LogP contribution in [0.1, 0.15) is 17.5 Å². The number of aromatic nitrogens is 1. The summed E-state index contributed by atoms with van der Waals surface area (Å²) in [5, 5.41) is 3.94. The van der Waals surface area contributed by atoms with E-state index in [2.05, 4.69) is 50.5 Å². The Morgan fingerprint density at radius 2 is 2.08 bits per heavy atom. The maximum Gasteiger partial charge on any atom is 0.193 e. The first kappa shape index (κ1) is 16.8. The Balaban J connectivity index is 1.52. The van der Waals surface area contributed by atoms with E-state index in [9.17, 15) is 0 Å². The van der Waals surface area contributed by atoms with Gasteiger partial charge in [0.05, 0.1) is 0 Å². The number of aliphatic imine (C=N–C) groups is 1. The maximum absolute atomic E-state index is 5.82. The molecule has 5 heteroatoms. The SMILES string of the molecule is CN=C(NCc1ccc(Cl)nc1)N1CCC(Cc2ccccc2)C1. The van der Waals surface area contributed by atoms with Crippen LogP contribution in [0.2, 0.25) is 5.15 Å². The molecule has 1 aromatic carbocycles. The van der Waals surface area contributed by atoms with Crippen LogP contribution in [0.15, 0.2) is 53.7 Å². The van der Waals surface area contributed by atoms with Crippen molar-refractivity contribution in [3.8, 4) is 0 Å². The average molecular weight is 343 g/mol. The predicted molar refractivity (Wildman–Crippen MR) is 99.3 cm³/mol. The van der Waals surface area contributed by atoms with E-state index in [1.807, 2.05) is 19.2 Å². The quantitative estimate of drug-likeness (QED) is 0.526. The number of rotatable bonds is 4. The van der Waals surface area contributed by atoms with Crippen molar-refractivity contribution < 1.29 is 0 Å². The maximum atomic E-state index is 5.82. The molecule has 1 fully saturated rings. The standard InChI is InChI=1S/C19H23ClN4/c1-21-19(23-13-17-7-8-18(20)22-12-17)24-10-9-16(14-24)11-15-5-3-2-4-6-15/h2-8,12,16H,9-11,13-14H2,1H3,(H,21,23). The van der Waals surface area contributed by atoms with Gasteiger partial charge in [0.25, 0.3) is 0 Å². The van der Waals surface area contributed by atoms with Crippen LogP contribution < -0.4 is 5.32 Å². The second-order valence-corrected chi connectivity index (χ2v) is 6.57. The summed E-state index contributed by atoms with van der Waals surface area (Å²) in [5.41, 5.74) is 2.51. The van der Waals surface area contributed by atoms with Crippen molar-refractivity contribution in [1.82, 2.24) is 15.2 Å². The van der Waals surface area contributed by atoms with Gasteiger partial charge in [-0.2, -0.15) is 0 Å². The molecule has 0 bridgehead atoms. The molecule has 1 unspecified atom stereocenters. The molecular formula is C19H23ClN4. The summed E-state index contributed by atoms with van der Waals surface area (Å²) in [6.07, 6.45) is 4.14. The number of hydrogen-bond acceptors (Lipinski definition) is 2. The molecule has 3 rings (SSSR count). The lowest BCUT2D eigenvalue weighted by Crippen LogP contribution is -2.39. The van der Waals surface area contributed by atoms with Crippen LogP contribution >= 0.6 is 11.6 Å². The van der Waals surface area contributed by atoms with E-state index in [4.69, 9.17) is 11.6 Å². The third-order valence-corrected chi connectivity index (χ3v) is 4.63. The van der Waals surface area contributed by atoms with Crippen LogP contribution in [0.5, 0.6) is 0 Å². The topological polar surface area (TPSA) is 40.5 Å². The second kappa shape index (κ2) is 8.15. The number of halogens is 1. The molecule has 0 aliphatic carbocycles. The first-order valence-corrected chi connectivity index (χ1v) is 8.72. The van der Waals surface area contributed by atoms with E-state index in [0.717, 1.165) is 31.0 Å². The minimum absolute atomic E-state index is 0.520. The summed E-state index contributed by atoms with van der Waals surface area (Å²) in [6, 6.07) is 14.5. The van der Waals surface area contributed by atoms with Gasteiger partial charge in [-0.05, 0) is 36.0 Å². The Morgan fingerprint density at radius 3 is 2.79 bits per heavy atom. The summed E-state index contributed by atoms with van der Waals surface area (Å²) in [5.74, 6) is 1.64. The normalized spacial score (nSPS) is 18.0. The molecule has 0 spiro atoms. The lowest BCUT2D eigenvalue weighted by molar-refractivity contribution is 0.460. The molecule has 1 aromatic heterocycles. The smallest absolute Gasteiger partial charge is 0.193 e.